The van der Waals surface area contributed by atoms with Crippen molar-refractivity contribution >= 4 is 27.8 Å². The van der Waals surface area contributed by atoms with Gasteiger partial charge in [-0.3, -0.25) is 0 Å². The van der Waals surface area contributed by atoms with Crippen LogP contribution in [0.15, 0.2) is 60.7 Å². The van der Waals surface area contributed by atoms with Gasteiger partial charge in [-0.2, -0.15) is 0 Å². The van der Waals surface area contributed by atoms with E-state index >= 15 is 0 Å². The molecule has 4 rings (SSSR count). The van der Waals surface area contributed by atoms with Crippen molar-refractivity contribution in [2.75, 3.05) is 5.73 Å². The second-order valence-corrected chi connectivity index (χ2v) is 4.91. The van der Waals surface area contributed by atoms with Crippen molar-refractivity contribution in [1.82, 2.24) is 15.2 Å². The molecule has 0 saturated carbocycles. The fourth-order valence-corrected chi connectivity index (χ4v) is 2.55. The average molecular weight is 272 g/mol. The number of aromatic nitrogens is 3. The van der Waals surface area contributed by atoms with Gasteiger partial charge in [-0.15, -0.1) is 10.2 Å². The van der Waals surface area contributed by atoms with E-state index in [-0.39, 0.29) is 5.95 Å². The molecule has 21 heavy (non-hydrogen) atoms. The Morgan fingerprint density at radius 1 is 0.762 bits per heavy atom. The molecule has 0 amide bonds. The summed E-state index contributed by atoms with van der Waals surface area (Å²) in [5, 5.41) is 10.0. The SMILES string of the molecule is Nc1nnc2ccc3cc(-c4ccccc4)ccc3c2n1. The van der Waals surface area contributed by atoms with E-state index in [0.717, 1.165) is 21.8 Å². The van der Waals surface area contributed by atoms with Crippen LogP contribution in [0.2, 0.25) is 0 Å². The Hall–Kier alpha value is -3.01. The van der Waals surface area contributed by atoms with Crippen molar-refractivity contribution in [3.05, 3.63) is 60.7 Å². The normalized spacial score (nSPS) is 11.0. The zero-order valence-electron chi connectivity index (χ0n) is 11.2. The Bertz CT molecular complexity index is 949. The Kier molecular flexibility index (Phi) is 2.54. The third-order valence-electron chi connectivity index (χ3n) is 3.56. The minimum absolute atomic E-state index is 0.196. The van der Waals surface area contributed by atoms with Gasteiger partial charge in [0.1, 0.15) is 11.0 Å². The van der Waals surface area contributed by atoms with Crippen LogP contribution in [0.25, 0.3) is 32.9 Å². The summed E-state index contributed by atoms with van der Waals surface area (Å²) in [6, 6.07) is 20.6. The van der Waals surface area contributed by atoms with Crippen LogP contribution in [-0.2, 0) is 0 Å². The molecule has 0 aliphatic rings. The van der Waals surface area contributed by atoms with E-state index in [9.17, 15) is 0 Å². The maximum absolute atomic E-state index is 5.65. The number of nitrogen functional groups attached to an aromatic ring is 1. The van der Waals surface area contributed by atoms with Gasteiger partial charge in [0, 0.05) is 5.39 Å². The topological polar surface area (TPSA) is 64.7 Å². The number of hydrogen-bond donors (Lipinski definition) is 1. The van der Waals surface area contributed by atoms with Gasteiger partial charge in [0.2, 0.25) is 5.95 Å². The van der Waals surface area contributed by atoms with E-state index < -0.39 is 0 Å². The molecule has 0 atom stereocenters. The minimum Gasteiger partial charge on any atom is -0.366 e. The Balaban J connectivity index is 1.99. The lowest BCUT2D eigenvalue weighted by molar-refractivity contribution is 1.04. The lowest BCUT2D eigenvalue weighted by atomic mass is 10.0. The van der Waals surface area contributed by atoms with Crippen LogP contribution in [0, 0.1) is 0 Å². The maximum Gasteiger partial charge on any atom is 0.240 e. The highest BCUT2D eigenvalue weighted by Gasteiger charge is 2.06. The molecular weight excluding hydrogens is 260 g/mol. The van der Waals surface area contributed by atoms with Crippen LogP contribution < -0.4 is 5.73 Å². The van der Waals surface area contributed by atoms with E-state index in [0.29, 0.717) is 0 Å². The predicted molar refractivity (Wildman–Crippen MR) is 84.7 cm³/mol. The Morgan fingerprint density at radius 2 is 1.62 bits per heavy atom. The van der Waals surface area contributed by atoms with Gasteiger partial charge in [0.05, 0.1) is 0 Å². The monoisotopic (exact) mass is 272 g/mol. The Labute approximate surface area is 121 Å². The number of nitrogens with two attached hydrogens (primary N) is 1. The smallest absolute Gasteiger partial charge is 0.240 e. The maximum atomic E-state index is 5.65. The van der Waals surface area contributed by atoms with Crippen LogP contribution in [0.4, 0.5) is 5.95 Å². The molecular formula is C17H12N4. The number of hydrogen-bond acceptors (Lipinski definition) is 4. The molecule has 0 aliphatic carbocycles. The first kappa shape index (κ1) is 11.8. The Morgan fingerprint density at radius 3 is 2.48 bits per heavy atom. The number of anilines is 1. The van der Waals surface area contributed by atoms with E-state index in [2.05, 4.69) is 45.5 Å². The highest BCUT2D eigenvalue weighted by Crippen LogP contribution is 2.28. The summed E-state index contributed by atoms with van der Waals surface area (Å²) in [5.41, 5.74) is 9.57. The standard InChI is InChI=1S/C17H12N4/c18-17-19-16-14-8-6-12(11-4-2-1-3-5-11)10-13(14)7-9-15(16)20-21-17/h1-10H,(H2,18,19,21). The number of rotatable bonds is 1. The fourth-order valence-electron chi connectivity index (χ4n) is 2.55. The molecule has 1 heterocycles. The van der Waals surface area contributed by atoms with Gasteiger partial charge < -0.3 is 5.73 Å². The van der Waals surface area contributed by atoms with E-state index in [1.165, 1.54) is 11.1 Å². The van der Waals surface area contributed by atoms with Gasteiger partial charge in [-0.25, -0.2) is 4.98 Å². The average Bonchev–Trinajstić information content (AvgIpc) is 2.55. The second kappa shape index (κ2) is 4.52. The third-order valence-corrected chi connectivity index (χ3v) is 3.56. The third kappa shape index (κ3) is 1.97. The summed E-state index contributed by atoms with van der Waals surface area (Å²) in [6.07, 6.45) is 0. The van der Waals surface area contributed by atoms with Crippen molar-refractivity contribution < 1.29 is 0 Å². The summed E-state index contributed by atoms with van der Waals surface area (Å²) in [4.78, 5) is 4.31. The quantitative estimate of drug-likeness (QED) is 0.539. The van der Waals surface area contributed by atoms with Gasteiger partial charge in [0.15, 0.2) is 0 Å². The van der Waals surface area contributed by atoms with Crippen molar-refractivity contribution in [2.24, 2.45) is 0 Å². The van der Waals surface area contributed by atoms with Crippen molar-refractivity contribution in [3.8, 4) is 11.1 Å². The largest absolute Gasteiger partial charge is 0.366 e. The molecule has 0 spiro atoms. The number of benzene rings is 3. The van der Waals surface area contributed by atoms with Crippen molar-refractivity contribution in [2.45, 2.75) is 0 Å². The molecule has 0 unspecified atom stereocenters. The first-order valence-electron chi connectivity index (χ1n) is 6.69. The number of fused-ring (bicyclic) bond motifs is 3. The first-order valence-corrected chi connectivity index (χ1v) is 6.69. The van der Waals surface area contributed by atoms with E-state index in [4.69, 9.17) is 5.73 Å². The summed E-state index contributed by atoms with van der Waals surface area (Å²) < 4.78 is 0. The molecule has 0 radical (unpaired) electrons. The molecule has 0 aliphatic heterocycles. The molecule has 0 saturated heterocycles. The van der Waals surface area contributed by atoms with Crippen LogP contribution in [0.5, 0.6) is 0 Å². The van der Waals surface area contributed by atoms with Crippen molar-refractivity contribution in [1.29, 1.82) is 0 Å². The summed E-state index contributed by atoms with van der Waals surface area (Å²) in [6.45, 7) is 0. The molecule has 0 bridgehead atoms. The van der Waals surface area contributed by atoms with E-state index in [1.807, 2.05) is 30.3 Å². The molecule has 4 nitrogen and oxygen atoms in total. The van der Waals surface area contributed by atoms with E-state index in [1.54, 1.807) is 0 Å². The van der Waals surface area contributed by atoms with Crippen LogP contribution in [-0.4, -0.2) is 15.2 Å². The minimum atomic E-state index is 0.196. The molecule has 4 heteroatoms. The van der Waals surface area contributed by atoms with Gasteiger partial charge in [-0.1, -0.05) is 48.5 Å². The zero-order valence-corrected chi connectivity index (χ0v) is 11.2. The molecule has 4 aromatic rings. The molecule has 0 fully saturated rings. The lowest BCUT2D eigenvalue weighted by Gasteiger charge is -2.06. The van der Waals surface area contributed by atoms with Crippen LogP contribution in [0.1, 0.15) is 0 Å². The van der Waals surface area contributed by atoms with Gasteiger partial charge in [-0.05, 0) is 28.6 Å². The highest BCUT2D eigenvalue weighted by molar-refractivity contribution is 6.05. The van der Waals surface area contributed by atoms with Crippen LogP contribution in [0.3, 0.4) is 0 Å². The number of nitrogens with zero attached hydrogens (tertiary/aromatic N) is 3. The second-order valence-electron chi connectivity index (χ2n) is 4.91. The first-order chi connectivity index (χ1) is 10.3. The highest BCUT2D eigenvalue weighted by atomic mass is 15.2. The molecule has 2 N–H and O–H groups in total. The molecule has 100 valence electrons. The van der Waals surface area contributed by atoms with Crippen molar-refractivity contribution in [3.63, 3.8) is 0 Å². The predicted octanol–water partition coefficient (Wildman–Crippen LogP) is 3.43. The lowest BCUT2D eigenvalue weighted by Crippen LogP contribution is -1.97. The summed E-state index contributed by atoms with van der Waals surface area (Å²) >= 11 is 0. The van der Waals surface area contributed by atoms with Gasteiger partial charge in [0.25, 0.3) is 0 Å². The zero-order chi connectivity index (χ0) is 14.2. The molecule has 3 aromatic carbocycles. The van der Waals surface area contributed by atoms with Gasteiger partial charge >= 0.3 is 0 Å². The van der Waals surface area contributed by atoms with Crippen LogP contribution >= 0.6 is 0 Å². The summed E-state index contributed by atoms with van der Waals surface area (Å²) in [7, 11) is 0. The fraction of sp³-hybridized carbons (Fsp3) is 0. The summed E-state index contributed by atoms with van der Waals surface area (Å²) in [5.74, 6) is 0.196. The molecule has 1 aromatic heterocycles.